The monoisotopic (exact) mass is 754 g/mol. The molecule has 9 heteroatoms. The summed E-state index contributed by atoms with van der Waals surface area (Å²) >= 11 is 0. The molecule has 9 nitrogen and oxygen atoms in total. The van der Waals surface area contributed by atoms with Gasteiger partial charge in [0.2, 0.25) is 0 Å². The average Bonchev–Trinajstić information content (AvgIpc) is 3.41. The maximum Gasteiger partial charge on any atom is 0.339 e. The van der Waals surface area contributed by atoms with Crippen LogP contribution in [0, 0.1) is 39.9 Å². The summed E-state index contributed by atoms with van der Waals surface area (Å²) in [6.07, 6.45) is 5.44. The quantitative estimate of drug-likeness (QED) is 0.105. The number of aromatic carboxylic acids is 1. The minimum atomic E-state index is -1.17. The number of rotatable bonds is 10. The number of aliphatic hydroxyl groups excluding tert-OH is 1. The van der Waals surface area contributed by atoms with E-state index in [0.29, 0.717) is 37.7 Å². The summed E-state index contributed by atoms with van der Waals surface area (Å²) in [6.45, 7) is 14.6. The first-order chi connectivity index (χ1) is 26.0. The van der Waals surface area contributed by atoms with Crippen LogP contribution in [-0.4, -0.2) is 52.4 Å². The molecule has 296 valence electrons. The molecule has 4 aliphatic carbocycles. The molecule has 6 rings (SSSR count). The number of esters is 3. The summed E-state index contributed by atoms with van der Waals surface area (Å²) in [7, 11) is 0. The van der Waals surface area contributed by atoms with Crippen LogP contribution in [0.1, 0.15) is 126 Å². The zero-order chi connectivity index (χ0) is 39.9. The fourth-order valence-electron chi connectivity index (χ4n) is 11.8. The molecule has 0 aromatic heterocycles. The molecule has 0 saturated heterocycles. The van der Waals surface area contributed by atoms with Crippen molar-refractivity contribution < 1.29 is 43.6 Å². The van der Waals surface area contributed by atoms with E-state index in [1.54, 1.807) is 12.1 Å². The van der Waals surface area contributed by atoms with E-state index in [0.717, 1.165) is 36.0 Å². The van der Waals surface area contributed by atoms with E-state index in [-0.39, 0.29) is 58.3 Å². The van der Waals surface area contributed by atoms with E-state index in [1.165, 1.54) is 19.1 Å². The van der Waals surface area contributed by atoms with Crippen molar-refractivity contribution in [3.63, 3.8) is 0 Å². The van der Waals surface area contributed by atoms with Gasteiger partial charge >= 0.3 is 23.9 Å². The third-order valence-electron chi connectivity index (χ3n) is 14.4. The summed E-state index contributed by atoms with van der Waals surface area (Å²) in [5.41, 5.74) is 2.28. The largest absolute Gasteiger partial charge is 0.478 e. The maximum absolute atomic E-state index is 14.2. The van der Waals surface area contributed by atoms with E-state index >= 15 is 0 Å². The van der Waals surface area contributed by atoms with E-state index in [9.17, 15) is 29.4 Å². The van der Waals surface area contributed by atoms with Gasteiger partial charge in [0, 0.05) is 12.5 Å². The lowest BCUT2D eigenvalue weighted by Crippen LogP contribution is -2.65. The first-order valence-electron chi connectivity index (χ1n) is 20.0. The lowest BCUT2D eigenvalue weighted by molar-refractivity contribution is -0.234. The highest BCUT2D eigenvalue weighted by Gasteiger charge is 2.71. The molecule has 4 fully saturated rings. The standard InChI is InChI=1S/C46H58O9/c1-27(2)14-13-19-33(42(51)53-26-30-15-9-8-10-16-30)39-35-24-36(48)40-44(5)22-21-37(55-43(52)32-18-12-11-17-31(32)41(49)50)28(3)34(44)20-23-45(40,6)46(35,7)25-38(39)54-29(4)47/h8-12,14-18,28,34-38,40,48H,13,19-26H2,1-7H3,(H,49,50)/b39-33-/t28-,34-,35-,36+,37+,38-,40-,44-,45-,46-/m0/s1. The number of hydrogen-bond donors (Lipinski definition) is 2. The van der Waals surface area contributed by atoms with Crippen LogP contribution < -0.4 is 0 Å². The third kappa shape index (κ3) is 7.41. The molecule has 2 N–H and O–H groups in total. The molecular weight excluding hydrogens is 696 g/mol. The van der Waals surface area contributed by atoms with Gasteiger partial charge in [-0.1, -0.05) is 81.8 Å². The van der Waals surface area contributed by atoms with Gasteiger partial charge in [-0.05, 0) is 128 Å². The highest BCUT2D eigenvalue weighted by atomic mass is 16.6. The molecule has 55 heavy (non-hydrogen) atoms. The number of carboxylic acid groups (broad SMARTS) is 1. The maximum atomic E-state index is 14.2. The Morgan fingerprint density at radius 2 is 1.55 bits per heavy atom. The number of aliphatic hydroxyl groups is 1. The lowest BCUT2D eigenvalue weighted by Gasteiger charge is -2.69. The highest BCUT2D eigenvalue weighted by molar-refractivity contribution is 6.02. The Bertz CT molecular complexity index is 1860. The molecule has 0 unspecified atom stereocenters. The third-order valence-corrected chi connectivity index (χ3v) is 14.4. The number of allylic oxidation sites excluding steroid dienone is 2. The van der Waals surface area contributed by atoms with Crippen molar-refractivity contribution >= 4 is 23.9 Å². The minimum absolute atomic E-state index is 0.0177. The zero-order valence-electron chi connectivity index (χ0n) is 33.4. The smallest absolute Gasteiger partial charge is 0.339 e. The Morgan fingerprint density at radius 1 is 0.873 bits per heavy atom. The Balaban J connectivity index is 1.33. The van der Waals surface area contributed by atoms with Crippen molar-refractivity contribution in [1.29, 1.82) is 0 Å². The summed E-state index contributed by atoms with van der Waals surface area (Å²) in [5.74, 6) is -2.79. The number of carbonyl (C=O) groups excluding carboxylic acids is 3. The van der Waals surface area contributed by atoms with Crippen LogP contribution in [0.2, 0.25) is 0 Å². The molecule has 0 radical (unpaired) electrons. The molecule has 4 saturated carbocycles. The van der Waals surface area contributed by atoms with Crippen LogP contribution in [0.3, 0.4) is 0 Å². The van der Waals surface area contributed by atoms with Gasteiger partial charge in [0.25, 0.3) is 0 Å². The average molecular weight is 755 g/mol. The second-order valence-corrected chi connectivity index (χ2v) is 17.6. The molecule has 0 amide bonds. The van der Waals surface area contributed by atoms with Crippen LogP contribution in [0.15, 0.2) is 77.4 Å². The number of carbonyl (C=O) groups is 4. The molecule has 4 aliphatic rings. The molecule has 0 bridgehead atoms. The second-order valence-electron chi connectivity index (χ2n) is 17.6. The van der Waals surface area contributed by atoms with E-state index in [4.69, 9.17) is 14.2 Å². The van der Waals surface area contributed by atoms with Crippen LogP contribution in [0.4, 0.5) is 0 Å². The van der Waals surface area contributed by atoms with E-state index in [1.807, 2.05) is 44.2 Å². The predicted molar refractivity (Wildman–Crippen MR) is 208 cm³/mol. The Morgan fingerprint density at radius 3 is 2.20 bits per heavy atom. The number of hydrogen-bond acceptors (Lipinski definition) is 8. The van der Waals surface area contributed by atoms with Crippen molar-refractivity contribution in [2.24, 2.45) is 39.9 Å². The van der Waals surface area contributed by atoms with Gasteiger partial charge in [-0.3, -0.25) is 4.79 Å². The van der Waals surface area contributed by atoms with Crippen molar-refractivity contribution in [3.05, 3.63) is 94.1 Å². The van der Waals surface area contributed by atoms with Crippen molar-refractivity contribution in [2.75, 3.05) is 0 Å². The van der Waals surface area contributed by atoms with Gasteiger partial charge in [-0.25, -0.2) is 14.4 Å². The normalized spacial score (nSPS) is 34.6. The van der Waals surface area contributed by atoms with Crippen LogP contribution in [-0.2, 0) is 30.4 Å². The summed E-state index contributed by atoms with van der Waals surface area (Å²) < 4.78 is 18.2. The molecule has 0 heterocycles. The molecule has 0 spiro atoms. The fraction of sp³-hybridized carbons (Fsp3) is 0.565. The molecule has 2 aromatic rings. The fourth-order valence-corrected chi connectivity index (χ4v) is 11.8. The van der Waals surface area contributed by atoms with Crippen LogP contribution in [0.5, 0.6) is 0 Å². The van der Waals surface area contributed by atoms with Crippen molar-refractivity contribution in [1.82, 2.24) is 0 Å². The van der Waals surface area contributed by atoms with Gasteiger partial charge in [-0.15, -0.1) is 0 Å². The van der Waals surface area contributed by atoms with Gasteiger partial charge in [-0.2, -0.15) is 0 Å². The van der Waals surface area contributed by atoms with Crippen LogP contribution in [0.25, 0.3) is 0 Å². The van der Waals surface area contributed by atoms with Crippen molar-refractivity contribution in [3.8, 4) is 0 Å². The van der Waals surface area contributed by atoms with E-state index in [2.05, 4.69) is 33.8 Å². The van der Waals surface area contributed by atoms with Gasteiger partial charge < -0.3 is 24.4 Å². The Labute approximate surface area is 325 Å². The Kier molecular flexibility index (Phi) is 11.6. The van der Waals surface area contributed by atoms with Gasteiger partial charge in [0.15, 0.2) is 0 Å². The summed E-state index contributed by atoms with van der Waals surface area (Å²) in [4.78, 5) is 52.1. The first kappa shape index (κ1) is 40.4. The van der Waals surface area contributed by atoms with Gasteiger partial charge in [0.05, 0.1) is 17.2 Å². The Hall–Kier alpha value is -4.24. The lowest BCUT2D eigenvalue weighted by atomic mass is 9.36. The number of carboxylic acids is 1. The summed E-state index contributed by atoms with van der Waals surface area (Å²) in [6, 6.07) is 15.7. The van der Waals surface area contributed by atoms with Gasteiger partial charge in [0.1, 0.15) is 18.8 Å². The molecular formula is C46H58O9. The topological polar surface area (TPSA) is 136 Å². The van der Waals surface area contributed by atoms with Crippen LogP contribution >= 0.6 is 0 Å². The molecule has 10 atom stereocenters. The predicted octanol–water partition coefficient (Wildman–Crippen LogP) is 8.89. The number of fused-ring (bicyclic) bond motifs is 5. The molecule has 0 aliphatic heterocycles. The first-order valence-corrected chi connectivity index (χ1v) is 20.0. The van der Waals surface area contributed by atoms with E-state index < -0.39 is 41.5 Å². The molecule has 2 aromatic carbocycles. The zero-order valence-corrected chi connectivity index (χ0v) is 33.4. The minimum Gasteiger partial charge on any atom is -0.478 e. The number of benzene rings is 2. The number of ether oxygens (including phenoxy) is 3. The summed E-state index contributed by atoms with van der Waals surface area (Å²) in [5, 5.41) is 22.2. The second kappa shape index (κ2) is 15.7. The van der Waals surface area contributed by atoms with Crippen molar-refractivity contribution in [2.45, 2.75) is 125 Å². The highest BCUT2D eigenvalue weighted by Crippen LogP contribution is 2.74. The SMILES string of the molecule is CC(=O)O[C@H]1C[C@@]2(C)[C@@H](C[C@@H](O)[C@H]3[C@@]4(C)CC[C@@H](OC(=O)c5ccccc5C(=O)O)[C@@H](C)[C@@H]4CC[C@@]32C)/C1=C(\CCC=C(C)C)C(=O)OCc1ccccc1.